The van der Waals surface area contributed by atoms with Crippen molar-refractivity contribution in [2.75, 3.05) is 19.7 Å². The molecule has 4 nitrogen and oxygen atoms in total. The summed E-state index contributed by atoms with van der Waals surface area (Å²) in [7, 11) is 0. The highest BCUT2D eigenvalue weighted by Gasteiger charge is 2.35. The van der Waals surface area contributed by atoms with E-state index in [1.807, 2.05) is 16.2 Å². The number of hydrogen-bond donors (Lipinski definition) is 2. The number of amides is 1. The van der Waals surface area contributed by atoms with Gasteiger partial charge in [0, 0.05) is 17.0 Å². The van der Waals surface area contributed by atoms with Gasteiger partial charge in [0.15, 0.2) is 0 Å². The van der Waals surface area contributed by atoms with Crippen LogP contribution in [0.15, 0.2) is 11.4 Å². The zero-order valence-electron chi connectivity index (χ0n) is 13.3. The normalized spacial score (nSPS) is 23.5. The maximum Gasteiger partial charge on any atom is 0.237 e. The van der Waals surface area contributed by atoms with Crippen LogP contribution in [0.25, 0.3) is 0 Å². The summed E-state index contributed by atoms with van der Waals surface area (Å²) in [5, 5.41) is 15.2. The molecule has 1 aromatic rings. The number of hydrogen-bond acceptors (Lipinski definition) is 4. The summed E-state index contributed by atoms with van der Waals surface area (Å²) in [4.78, 5) is 16.2. The molecule has 1 amide bonds. The molecule has 1 atom stereocenters. The van der Waals surface area contributed by atoms with Gasteiger partial charge in [0.05, 0.1) is 19.2 Å². The van der Waals surface area contributed by atoms with E-state index in [0.717, 1.165) is 45.1 Å². The lowest BCUT2D eigenvalue weighted by molar-refractivity contribution is -0.133. The summed E-state index contributed by atoms with van der Waals surface area (Å²) in [6, 6.07) is 2.39. The maximum atomic E-state index is 12.7. The van der Waals surface area contributed by atoms with Crippen LogP contribution in [0.4, 0.5) is 0 Å². The van der Waals surface area contributed by atoms with Gasteiger partial charge in [0.1, 0.15) is 0 Å². The molecule has 1 aliphatic heterocycles. The molecule has 2 aliphatic rings. The second-order valence-electron chi connectivity index (χ2n) is 6.56. The first-order valence-electron chi connectivity index (χ1n) is 8.41. The lowest BCUT2D eigenvalue weighted by Crippen LogP contribution is -2.52. The van der Waals surface area contributed by atoms with Crippen LogP contribution in [-0.2, 0) is 11.2 Å². The predicted molar refractivity (Wildman–Crippen MR) is 89.1 cm³/mol. The molecule has 1 fully saturated rings. The summed E-state index contributed by atoms with van der Waals surface area (Å²) in [5.41, 5.74) is 1.12. The SMILES string of the molecule is CCC1c2ccsc2CCN1C(=O)CNC1(CO)CCCC1. The van der Waals surface area contributed by atoms with Gasteiger partial charge in [-0.2, -0.15) is 0 Å². The van der Waals surface area contributed by atoms with E-state index < -0.39 is 0 Å². The van der Waals surface area contributed by atoms with Gasteiger partial charge < -0.3 is 15.3 Å². The zero-order chi connectivity index (χ0) is 15.6. The van der Waals surface area contributed by atoms with Crippen molar-refractivity contribution in [3.05, 3.63) is 21.9 Å². The molecule has 1 aliphatic carbocycles. The zero-order valence-corrected chi connectivity index (χ0v) is 14.1. The standard InChI is InChI=1S/C17H26N2O2S/c1-2-14-13-6-10-22-15(13)5-9-19(14)16(21)11-18-17(12-20)7-3-4-8-17/h6,10,14,18,20H,2-5,7-9,11-12H2,1H3. The first kappa shape index (κ1) is 16.0. The molecule has 5 heteroatoms. The van der Waals surface area contributed by atoms with Crippen molar-refractivity contribution in [2.45, 2.75) is 57.0 Å². The quantitative estimate of drug-likeness (QED) is 0.876. The number of carbonyl (C=O) groups is 1. The molecule has 0 spiro atoms. The summed E-state index contributed by atoms with van der Waals surface area (Å²) in [5.74, 6) is 0.170. The number of aliphatic hydroxyl groups is 1. The first-order chi connectivity index (χ1) is 10.7. The van der Waals surface area contributed by atoms with Gasteiger partial charge in [-0.15, -0.1) is 11.3 Å². The fraction of sp³-hybridized carbons (Fsp3) is 0.706. The van der Waals surface area contributed by atoms with E-state index in [1.165, 1.54) is 10.4 Å². The molecule has 1 saturated carbocycles. The molecule has 0 saturated heterocycles. The molecule has 3 rings (SSSR count). The van der Waals surface area contributed by atoms with Gasteiger partial charge in [-0.25, -0.2) is 0 Å². The third-order valence-electron chi connectivity index (χ3n) is 5.28. The molecule has 0 bridgehead atoms. The molecular weight excluding hydrogens is 296 g/mol. The van der Waals surface area contributed by atoms with E-state index in [1.54, 1.807) is 0 Å². The highest BCUT2D eigenvalue weighted by Crippen LogP contribution is 2.35. The van der Waals surface area contributed by atoms with E-state index in [2.05, 4.69) is 23.7 Å². The van der Waals surface area contributed by atoms with Gasteiger partial charge in [0.25, 0.3) is 0 Å². The predicted octanol–water partition coefficient (Wildman–Crippen LogP) is 2.48. The number of rotatable bonds is 5. The molecular formula is C17H26N2O2S. The molecule has 0 aromatic carbocycles. The van der Waals surface area contributed by atoms with Crippen LogP contribution in [0.2, 0.25) is 0 Å². The van der Waals surface area contributed by atoms with E-state index in [-0.39, 0.29) is 24.1 Å². The Morgan fingerprint density at radius 3 is 2.95 bits per heavy atom. The van der Waals surface area contributed by atoms with Gasteiger partial charge >= 0.3 is 0 Å². The maximum absolute atomic E-state index is 12.7. The monoisotopic (exact) mass is 322 g/mol. The van der Waals surface area contributed by atoms with Gasteiger partial charge in [-0.1, -0.05) is 19.8 Å². The average molecular weight is 322 g/mol. The molecule has 122 valence electrons. The van der Waals surface area contributed by atoms with E-state index >= 15 is 0 Å². The van der Waals surface area contributed by atoms with Gasteiger partial charge in [0.2, 0.25) is 5.91 Å². The largest absolute Gasteiger partial charge is 0.394 e. The minimum Gasteiger partial charge on any atom is -0.394 e. The summed E-state index contributed by atoms with van der Waals surface area (Å²) < 4.78 is 0. The molecule has 2 heterocycles. The van der Waals surface area contributed by atoms with Crippen LogP contribution in [-0.4, -0.2) is 41.1 Å². The third kappa shape index (κ3) is 2.94. The van der Waals surface area contributed by atoms with Crippen molar-refractivity contribution in [3.8, 4) is 0 Å². The molecule has 1 unspecified atom stereocenters. The Morgan fingerprint density at radius 2 is 2.27 bits per heavy atom. The highest BCUT2D eigenvalue weighted by atomic mass is 32.1. The lowest BCUT2D eigenvalue weighted by Gasteiger charge is -2.37. The van der Waals surface area contributed by atoms with Gasteiger partial charge in [-0.05, 0) is 42.7 Å². The fourth-order valence-electron chi connectivity index (χ4n) is 3.94. The number of nitrogens with zero attached hydrogens (tertiary/aromatic N) is 1. The first-order valence-corrected chi connectivity index (χ1v) is 9.29. The van der Waals surface area contributed by atoms with Crippen molar-refractivity contribution in [2.24, 2.45) is 0 Å². The summed E-state index contributed by atoms with van der Waals surface area (Å²) in [6.07, 6.45) is 6.16. The van der Waals surface area contributed by atoms with Crippen LogP contribution in [0.3, 0.4) is 0 Å². The number of aliphatic hydroxyl groups excluding tert-OH is 1. The Hall–Kier alpha value is -0.910. The topological polar surface area (TPSA) is 52.6 Å². The third-order valence-corrected chi connectivity index (χ3v) is 6.28. The number of carbonyl (C=O) groups excluding carboxylic acids is 1. The van der Waals surface area contributed by atoms with E-state index in [4.69, 9.17) is 0 Å². The van der Waals surface area contributed by atoms with Crippen LogP contribution in [0, 0.1) is 0 Å². The van der Waals surface area contributed by atoms with Crippen molar-refractivity contribution in [3.63, 3.8) is 0 Å². The molecule has 2 N–H and O–H groups in total. The summed E-state index contributed by atoms with van der Waals surface area (Å²) in [6.45, 7) is 3.44. The smallest absolute Gasteiger partial charge is 0.237 e. The van der Waals surface area contributed by atoms with Crippen molar-refractivity contribution < 1.29 is 9.90 Å². The van der Waals surface area contributed by atoms with Gasteiger partial charge in [-0.3, -0.25) is 4.79 Å². The molecule has 1 aromatic heterocycles. The highest BCUT2D eigenvalue weighted by molar-refractivity contribution is 7.10. The van der Waals surface area contributed by atoms with Crippen LogP contribution >= 0.6 is 11.3 Å². The molecule has 0 radical (unpaired) electrons. The van der Waals surface area contributed by atoms with Crippen molar-refractivity contribution in [1.29, 1.82) is 0 Å². The van der Waals surface area contributed by atoms with E-state index in [9.17, 15) is 9.90 Å². The number of nitrogens with one attached hydrogen (secondary N) is 1. The molecule has 22 heavy (non-hydrogen) atoms. The minimum atomic E-state index is -0.222. The van der Waals surface area contributed by atoms with Crippen LogP contribution in [0.5, 0.6) is 0 Å². The van der Waals surface area contributed by atoms with Crippen molar-refractivity contribution in [1.82, 2.24) is 10.2 Å². The Bertz CT molecular complexity index is 522. The lowest BCUT2D eigenvalue weighted by atomic mass is 9.97. The van der Waals surface area contributed by atoms with Crippen LogP contribution in [0.1, 0.15) is 55.5 Å². The Kier molecular flexibility index (Phi) is 4.85. The fourth-order valence-corrected chi connectivity index (χ4v) is 4.87. The second kappa shape index (κ2) is 6.69. The van der Waals surface area contributed by atoms with E-state index in [0.29, 0.717) is 6.54 Å². The average Bonchev–Trinajstić information content (AvgIpc) is 3.21. The Balaban J connectivity index is 1.65. The van der Waals surface area contributed by atoms with Crippen molar-refractivity contribution >= 4 is 17.2 Å². The second-order valence-corrected chi connectivity index (χ2v) is 7.56. The summed E-state index contributed by atoms with van der Waals surface area (Å²) >= 11 is 1.81. The number of fused-ring (bicyclic) bond motifs is 1. The Labute approximate surface area is 136 Å². The minimum absolute atomic E-state index is 0.131. The Morgan fingerprint density at radius 1 is 1.50 bits per heavy atom. The van der Waals surface area contributed by atoms with Crippen LogP contribution < -0.4 is 5.32 Å². The number of thiophene rings is 1.